The molecule has 1 aliphatic carbocycles. The molecular weight excluding hydrogens is 399 g/mol. The number of carboxylic acid groups (broad SMARTS) is 1. The molecule has 1 heterocycles. The molecular formula is C25H36FO5-. The van der Waals surface area contributed by atoms with Crippen LogP contribution in [0.15, 0.2) is 18.2 Å². The highest BCUT2D eigenvalue weighted by molar-refractivity contribution is 5.70. The number of hydrogen-bond donors (Lipinski definition) is 1. The number of ether oxygens (including phenoxy) is 2. The quantitative estimate of drug-likeness (QED) is 0.666. The van der Waals surface area contributed by atoms with Gasteiger partial charge in [0.2, 0.25) is 0 Å². The molecule has 1 N–H and O–H groups in total. The van der Waals surface area contributed by atoms with Crippen LogP contribution in [0.1, 0.15) is 58.4 Å². The highest BCUT2D eigenvalue weighted by atomic mass is 19.1. The first-order valence-corrected chi connectivity index (χ1v) is 11.7. The van der Waals surface area contributed by atoms with Crippen LogP contribution in [0.4, 0.5) is 4.39 Å². The zero-order chi connectivity index (χ0) is 22.5. The van der Waals surface area contributed by atoms with Gasteiger partial charge in [0.1, 0.15) is 0 Å². The average molecular weight is 436 g/mol. The molecule has 0 aromatic heterocycles. The molecule has 6 heteroatoms. The van der Waals surface area contributed by atoms with E-state index in [2.05, 4.69) is 20.8 Å². The largest absolute Gasteiger partial charge is 0.852 e. The highest BCUT2D eigenvalue weighted by Gasteiger charge is 2.41. The van der Waals surface area contributed by atoms with Crippen LogP contribution in [-0.2, 0) is 16.0 Å². The third-order valence-corrected chi connectivity index (χ3v) is 7.54. The van der Waals surface area contributed by atoms with Crippen molar-refractivity contribution in [1.29, 1.82) is 0 Å². The number of halogens is 1. The maximum Gasteiger partial charge on any atom is 0.307 e. The summed E-state index contributed by atoms with van der Waals surface area (Å²) in [6.07, 6.45) is 4.12. The van der Waals surface area contributed by atoms with Gasteiger partial charge in [0.25, 0.3) is 0 Å². The Kier molecular flexibility index (Phi) is 8.34. The number of hydrogen-bond acceptors (Lipinski definition) is 4. The molecule has 2 unspecified atom stereocenters. The van der Waals surface area contributed by atoms with Crippen molar-refractivity contribution in [1.82, 2.24) is 0 Å². The third-order valence-electron chi connectivity index (χ3n) is 7.54. The molecule has 1 aromatic rings. The monoisotopic (exact) mass is 435 g/mol. The summed E-state index contributed by atoms with van der Waals surface area (Å²) in [7, 11) is 0. The van der Waals surface area contributed by atoms with Crippen LogP contribution in [-0.4, -0.2) is 36.5 Å². The SMILES string of the molecule is CC1CC[C@@H]2C(CO1)[C@H]([C@@H](C)[C@H]([O-])CCOc1ccc(CC(=O)O)cc1F)CC[C@H]2C. The van der Waals surface area contributed by atoms with Crippen molar-refractivity contribution < 1.29 is 28.9 Å². The lowest BCUT2D eigenvalue weighted by molar-refractivity contribution is -0.438. The Morgan fingerprint density at radius 2 is 2.03 bits per heavy atom. The van der Waals surface area contributed by atoms with Crippen molar-refractivity contribution in [2.24, 2.45) is 29.6 Å². The van der Waals surface area contributed by atoms with Gasteiger partial charge in [0.05, 0.1) is 25.7 Å². The molecule has 174 valence electrons. The van der Waals surface area contributed by atoms with Crippen LogP contribution in [0.25, 0.3) is 0 Å². The minimum absolute atomic E-state index is 0.0170. The predicted octanol–water partition coefficient (Wildman–Crippen LogP) is 4.06. The van der Waals surface area contributed by atoms with Gasteiger partial charge >= 0.3 is 5.97 Å². The Morgan fingerprint density at radius 3 is 2.74 bits per heavy atom. The Bertz CT molecular complexity index is 739. The minimum atomic E-state index is -1.01. The number of fused-ring (bicyclic) bond motifs is 1. The highest BCUT2D eigenvalue weighted by Crippen LogP contribution is 2.46. The number of benzene rings is 1. The molecule has 7 atom stereocenters. The van der Waals surface area contributed by atoms with E-state index in [1.807, 2.05) is 0 Å². The van der Waals surface area contributed by atoms with Gasteiger partial charge in [-0.2, -0.15) is 0 Å². The summed E-state index contributed by atoms with van der Waals surface area (Å²) in [5.41, 5.74) is 0.383. The summed E-state index contributed by atoms with van der Waals surface area (Å²) in [6.45, 7) is 7.45. The average Bonchev–Trinajstić information content (AvgIpc) is 2.91. The second-order valence-corrected chi connectivity index (χ2v) is 9.64. The maximum atomic E-state index is 14.2. The molecule has 1 saturated carbocycles. The van der Waals surface area contributed by atoms with Crippen LogP contribution >= 0.6 is 0 Å². The van der Waals surface area contributed by atoms with Crippen molar-refractivity contribution in [3.63, 3.8) is 0 Å². The molecule has 0 amide bonds. The van der Waals surface area contributed by atoms with E-state index in [1.54, 1.807) is 6.07 Å². The van der Waals surface area contributed by atoms with E-state index in [4.69, 9.17) is 14.6 Å². The Hall–Kier alpha value is -1.66. The Balaban J connectivity index is 1.54. The zero-order valence-corrected chi connectivity index (χ0v) is 18.9. The fourth-order valence-electron chi connectivity index (χ4n) is 5.58. The van der Waals surface area contributed by atoms with Gasteiger partial charge in [-0.05, 0) is 74.0 Å². The fourth-order valence-corrected chi connectivity index (χ4v) is 5.58. The van der Waals surface area contributed by atoms with Crippen molar-refractivity contribution in [3.05, 3.63) is 29.6 Å². The maximum absolute atomic E-state index is 14.2. The predicted molar refractivity (Wildman–Crippen MR) is 114 cm³/mol. The topological polar surface area (TPSA) is 78.8 Å². The van der Waals surface area contributed by atoms with Gasteiger partial charge in [0, 0.05) is 0 Å². The first-order valence-electron chi connectivity index (χ1n) is 11.7. The van der Waals surface area contributed by atoms with E-state index in [0.717, 1.165) is 19.4 Å². The molecule has 5 nitrogen and oxygen atoms in total. The summed E-state index contributed by atoms with van der Waals surface area (Å²) in [6, 6.07) is 4.16. The van der Waals surface area contributed by atoms with Gasteiger partial charge in [0.15, 0.2) is 11.6 Å². The summed E-state index contributed by atoms with van der Waals surface area (Å²) in [5.74, 6) is 0.597. The van der Waals surface area contributed by atoms with E-state index in [-0.39, 0.29) is 24.7 Å². The number of aliphatic carboxylic acids is 1. The summed E-state index contributed by atoms with van der Waals surface area (Å²) in [4.78, 5) is 10.8. The molecule has 1 aromatic carbocycles. The van der Waals surface area contributed by atoms with Gasteiger partial charge < -0.3 is 19.7 Å². The van der Waals surface area contributed by atoms with E-state index in [9.17, 15) is 14.3 Å². The van der Waals surface area contributed by atoms with E-state index >= 15 is 0 Å². The van der Waals surface area contributed by atoms with Crippen molar-refractivity contribution in [3.8, 4) is 5.75 Å². The molecule has 2 fully saturated rings. The van der Waals surface area contributed by atoms with E-state index < -0.39 is 17.9 Å². The van der Waals surface area contributed by atoms with Crippen molar-refractivity contribution in [2.75, 3.05) is 13.2 Å². The Morgan fingerprint density at radius 1 is 1.26 bits per heavy atom. The molecule has 2 aliphatic rings. The number of carbonyl (C=O) groups is 1. The Labute approximate surface area is 184 Å². The van der Waals surface area contributed by atoms with E-state index in [0.29, 0.717) is 41.8 Å². The van der Waals surface area contributed by atoms with Gasteiger partial charge in [-0.1, -0.05) is 32.3 Å². The van der Waals surface area contributed by atoms with Crippen molar-refractivity contribution >= 4 is 5.97 Å². The molecule has 1 aliphatic heterocycles. The number of rotatable bonds is 8. The minimum Gasteiger partial charge on any atom is -0.852 e. The summed E-state index contributed by atoms with van der Waals surface area (Å²) in [5, 5.41) is 21.8. The second kappa shape index (κ2) is 10.8. The summed E-state index contributed by atoms with van der Waals surface area (Å²) >= 11 is 0. The normalized spacial score (nSPS) is 30.7. The third kappa shape index (κ3) is 6.19. The smallest absolute Gasteiger partial charge is 0.307 e. The fraction of sp³-hybridized carbons (Fsp3) is 0.720. The van der Waals surface area contributed by atoms with Crippen molar-refractivity contribution in [2.45, 2.75) is 71.5 Å². The van der Waals surface area contributed by atoms with Gasteiger partial charge in [-0.15, -0.1) is 6.10 Å². The summed E-state index contributed by atoms with van der Waals surface area (Å²) < 4.78 is 25.7. The zero-order valence-electron chi connectivity index (χ0n) is 18.9. The van der Waals surface area contributed by atoms with Crippen LogP contribution < -0.4 is 9.84 Å². The first-order chi connectivity index (χ1) is 14.8. The molecule has 0 bridgehead atoms. The molecule has 0 spiro atoms. The van der Waals surface area contributed by atoms with Crippen LogP contribution in [0.3, 0.4) is 0 Å². The van der Waals surface area contributed by atoms with Crippen LogP contribution in [0, 0.1) is 35.4 Å². The lowest BCUT2D eigenvalue weighted by Crippen LogP contribution is -2.45. The molecule has 31 heavy (non-hydrogen) atoms. The number of carboxylic acids is 1. The van der Waals surface area contributed by atoms with Gasteiger partial charge in [-0.3, -0.25) is 4.79 Å². The molecule has 1 saturated heterocycles. The second-order valence-electron chi connectivity index (χ2n) is 9.64. The standard InChI is InChI=1S/C25H36FO5/c1-15-4-7-20(21-14-31-16(2)5-8-19(15)21)17(3)23(27)10-11-30-24-9-6-18(12-22(24)26)13-25(28)29/h6,9,12,15-17,19-21,23H,4-5,7-8,10-11,13-14H2,1-3H3,(H,28,29)/q-1/t15-,16?,17-,19+,20+,21?,23-/m1/s1. The lowest BCUT2D eigenvalue weighted by Gasteiger charge is -2.47. The van der Waals surface area contributed by atoms with E-state index in [1.165, 1.54) is 25.0 Å². The molecule has 0 radical (unpaired) electrons. The first kappa shape index (κ1) is 24.0. The van der Waals surface area contributed by atoms with Crippen LogP contribution in [0.2, 0.25) is 0 Å². The van der Waals surface area contributed by atoms with Gasteiger partial charge in [-0.25, -0.2) is 4.39 Å². The lowest BCUT2D eigenvalue weighted by atomic mass is 9.62. The molecule has 3 rings (SSSR count). The van der Waals surface area contributed by atoms with Crippen LogP contribution in [0.5, 0.6) is 5.75 Å².